The monoisotopic (exact) mass is 202 g/mol. The first-order chi connectivity index (χ1) is 5.83. The normalized spacial score (nSPS) is 10.5. The van der Waals surface area contributed by atoms with Gasteiger partial charge in [-0.15, -0.1) is 11.3 Å². The smallest absolute Gasteiger partial charge is 0.103 e. The van der Waals surface area contributed by atoms with E-state index in [-0.39, 0.29) is 0 Å². The fourth-order valence-corrected chi connectivity index (χ4v) is 2.65. The van der Waals surface area contributed by atoms with Crippen molar-refractivity contribution >= 4 is 23.1 Å². The third-order valence-corrected chi connectivity index (χ3v) is 3.59. The molecule has 0 aliphatic carbocycles. The van der Waals surface area contributed by atoms with E-state index in [0.29, 0.717) is 0 Å². The number of rotatable bonds is 5. The van der Waals surface area contributed by atoms with Crippen LogP contribution in [-0.4, -0.2) is 17.3 Å². The van der Waals surface area contributed by atoms with Crippen LogP contribution in [0, 0.1) is 6.92 Å². The molecule has 0 radical (unpaired) electrons. The number of hydrogen-bond acceptors (Lipinski definition) is 4. The van der Waals surface area contributed by atoms with E-state index in [9.17, 15) is 0 Å². The van der Waals surface area contributed by atoms with Crippen molar-refractivity contribution < 1.29 is 0 Å². The van der Waals surface area contributed by atoms with Gasteiger partial charge in [0.25, 0.3) is 0 Å². The average molecular weight is 202 g/mol. The second kappa shape index (κ2) is 5.56. The van der Waals surface area contributed by atoms with Gasteiger partial charge in [0.1, 0.15) is 5.01 Å². The number of thiazole rings is 1. The fraction of sp³-hybridized carbons (Fsp3) is 0.625. The first-order valence-corrected chi connectivity index (χ1v) is 6.05. The van der Waals surface area contributed by atoms with Crippen molar-refractivity contribution in [1.82, 2.24) is 4.98 Å². The Bertz CT molecular complexity index is 223. The zero-order chi connectivity index (χ0) is 8.81. The zero-order valence-corrected chi connectivity index (χ0v) is 8.88. The highest BCUT2D eigenvalue weighted by Gasteiger charge is 1.97. The Hall–Kier alpha value is -0.0600. The van der Waals surface area contributed by atoms with Crippen LogP contribution in [-0.2, 0) is 5.75 Å². The third-order valence-electron chi connectivity index (χ3n) is 1.38. The van der Waals surface area contributed by atoms with E-state index in [1.807, 2.05) is 18.7 Å². The number of nitrogens with two attached hydrogens (primary N) is 1. The Morgan fingerprint density at radius 1 is 1.67 bits per heavy atom. The molecule has 1 aromatic rings. The predicted molar refractivity (Wildman–Crippen MR) is 56.7 cm³/mol. The summed E-state index contributed by atoms with van der Waals surface area (Å²) in [4.78, 5) is 4.37. The summed E-state index contributed by atoms with van der Waals surface area (Å²) in [7, 11) is 0. The van der Waals surface area contributed by atoms with Crippen LogP contribution in [0.25, 0.3) is 0 Å². The second-order valence-electron chi connectivity index (χ2n) is 2.58. The summed E-state index contributed by atoms with van der Waals surface area (Å²) in [5.41, 5.74) is 6.52. The Kier molecular flexibility index (Phi) is 4.65. The first-order valence-electron chi connectivity index (χ1n) is 4.01. The van der Waals surface area contributed by atoms with Gasteiger partial charge in [-0.25, -0.2) is 4.98 Å². The van der Waals surface area contributed by atoms with Crippen LogP contribution in [0.4, 0.5) is 0 Å². The molecule has 0 aliphatic rings. The van der Waals surface area contributed by atoms with E-state index in [1.54, 1.807) is 11.3 Å². The van der Waals surface area contributed by atoms with Crippen LogP contribution in [0.1, 0.15) is 17.1 Å². The highest BCUT2D eigenvalue weighted by Crippen LogP contribution is 2.16. The summed E-state index contributed by atoms with van der Waals surface area (Å²) in [6.07, 6.45) is 1.11. The maximum atomic E-state index is 5.39. The van der Waals surface area contributed by atoms with Crippen LogP contribution >= 0.6 is 23.1 Å². The summed E-state index contributed by atoms with van der Waals surface area (Å²) < 4.78 is 0. The summed E-state index contributed by atoms with van der Waals surface area (Å²) >= 11 is 3.66. The number of aromatic nitrogens is 1. The lowest BCUT2D eigenvalue weighted by molar-refractivity contribution is 0.942. The van der Waals surface area contributed by atoms with Crippen LogP contribution in [0.3, 0.4) is 0 Å². The molecule has 0 aliphatic heterocycles. The van der Waals surface area contributed by atoms with Gasteiger partial charge in [0.05, 0.1) is 0 Å². The molecule has 0 fully saturated rings. The van der Waals surface area contributed by atoms with Crippen LogP contribution in [0.15, 0.2) is 5.38 Å². The van der Waals surface area contributed by atoms with E-state index in [1.165, 1.54) is 5.01 Å². The summed E-state index contributed by atoms with van der Waals surface area (Å²) in [5.74, 6) is 2.19. The molecule has 0 bridgehead atoms. The SMILES string of the molecule is Cc1csc(CSCCCN)n1. The number of aryl methyl sites for hydroxylation is 1. The molecule has 0 saturated carbocycles. The minimum atomic E-state index is 0.796. The van der Waals surface area contributed by atoms with Crippen molar-refractivity contribution in [3.63, 3.8) is 0 Å². The van der Waals surface area contributed by atoms with E-state index in [2.05, 4.69) is 10.4 Å². The maximum absolute atomic E-state index is 5.39. The second-order valence-corrected chi connectivity index (χ2v) is 4.63. The van der Waals surface area contributed by atoms with E-state index in [4.69, 9.17) is 5.73 Å². The largest absolute Gasteiger partial charge is 0.330 e. The first kappa shape index (κ1) is 10.0. The van der Waals surface area contributed by atoms with Crippen LogP contribution in [0.5, 0.6) is 0 Å². The van der Waals surface area contributed by atoms with Crippen molar-refractivity contribution in [3.05, 3.63) is 16.1 Å². The van der Waals surface area contributed by atoms with E-state index < -0.39 is 0 Å². The van der Waals surface area contributed by atoms with Crippen molar-refractivity contribution in [1.29, 1.82) is 0 Å². The Morgan fingerprint density at radius 2 is 2.50 bits per heavy atom. The molecule has 0 aromatic carbocycles. The molecule has 2 N–H and O–H groups in total. The average Bonchev–Trinajstić information content (AvgIpc) is 2.45. The summed E-state index contributed by atoms with van der Waals surface area (Å²) in [5, 5.41) is 3.33. The van der Waals surface area contributed by atoms with Gasteiger partial charge >= 0.3 is 0 Å². The maximum Gasteiger partial charge on any atom is 0.103 e. The summed E-state index contributed by atoms with van der Waals surface area (Å²) in [6, 6.07) is 0. The molecule has 1 heterocycles. The molecule has 0 saturated heterocycles. The summed E-state index contributed by atoms with van der Waals surface area (Å²) in [6.45, 7) is 2.83. The Balaban J connectivity index is 2.15. The molecule has 0 amide bonds. The molecule has 0 atom stereocenters. The molecule has 4 heteroatoms. The molecule has 1 aromatic heterocycles. The van der Waals surface area contributed by atoms with Crippen molar-refractivity contribution in [2.24, 2.45) is 5.73 Å². The Labute approximate surface area is 81.6 Å². The van der Waals surface area contributed by atoms with Gasteiger partial charge in [-0.1, -0.05) is 0 Å². The third kappa shape index (κ3) is 3.56. The molecular weight excluding hydrogens is 188 g/mol. The quantitative estimate of drug-likeness (QED) is 0.743. The number of thioether (sulfide) groups is 1. The standard InChI is InChI=1S/C8H14N2S2/c1-7-5-12-8(10-7)6-11-4-2-3-9/h5H,2-4,6,9H2,1H3. The fourth-order valence-electron chi connectivity index (χ4n) is 0.814. The van der Waals surface area contributed by atoms with E-state index in [0.717, 1.165) is 30.2 Å². The molecular formula is C8H14N2S2. The van der Waals surface area contributed by atoms with Crippen molar-refractivity contribution in [2.75, 3.05) is 12.3 Å². The van der Waals surface area contributed by atoms with Gasteiger partial charge in [0.2, 0.25) is 0 Å². The predicted octanol–water partition coefficient (Wildman–Crippen LogP) is 2.03. The lowest BCUT2D eigenvalue weighted by Crippen LogP contribution is -1.99. The minimum absolute atomic E-state index is 0.796. The lowest BCUT2D eigenvalue weighted by atomic mass is 10.5. The molecule has 0 spiro atoms. The molecule has 12 heavy (non-hydrogen) atoms. The Morgan fingerprint density at radius 3 is 3.08 bits per heavy atom. The molecule has 68 valence electrons. The van der Waals surface area contributed by atoms with Gasteiger partial charge in [-0.2, -0.15) is 11.8 Å². The van der Waals surface area contributed by atoms with Gasteiger partial charge in [-0.05, 0) is 25.6 Å². The number of nitrogens with zero attached hydrogens (tertiary/aromatic N) is 1. The van der Waals surface area contributed by atoms with Gasteiger partial charge < -0.3 is 5.73 Å². The topological polar surface area (TPSA) is 38.9 Å². The van der Waals surface area contributed by atoms with Gasteiger partial charge in [0.15, 0.2) is 0 Å². The van der Waals surface area contributed by atoms with Crippen LogP contribution < -0.4 is 5.73 Å². The van der Waals surface area contributed by atoms with Gasteiger partial charge in [0, 0.05) is 16.8 Å². The number of hydrogen-bond donors (Lipinski definition) is 1. The van der Waals surface area contributed by atoms with E-state index >= 15 is 0 Å². The van der Waals surface area contributed by atoms with Gasteiger partial charge in [-0.3, -0.25) is 0 Å². The molecule has 0 unspecified atom stereocenters. The minimum Gasteiger partial charge on any atom is -0.330 e. The highest BCUT2D eigenvalue weighted by atomic mass is 32.2. The van der Waals surface area contributed by atoms with Crippen molar-refractivity contribution in [3.8, 4) is 0 Å². The lowest BCUT2D eigenvalue weighted by Gasteiger charge is -1.95. The van der Waals surface area contributed by atoms with Crippen molar-refractivity contribution in [2.45, 2.75) is 19.1 Å². The highest BCUT2D eigenvalue weighted by molar-refractivity contribution is 7.98. The zero-order valence-electron chi connectivity index (χ0n) is 7.25. The van der Waals surface area contributed by atoms with Crippen LogP contribution in [0.2, 0.25) is 0 Å². The molecule has 1 rings (SSSR count). The molecule has 2 nitrogen and oxygen atoms in total.